The number of hydrogen-bond acceptors (Lipinski definition) is 3. The summed E-state index contributed by atoms with van der Waals surface area (Å²) in [5, 5.41) is 13.6. The quantitative estimate of drug-likeness (QED) is 0.471. The second-order valence-electron chi connectivity index (χ2n) is 3.15. The van der Waals surface area contributed by atoms with Crippen molar-refractivity contribution in [3.05, 3.63) is 28.3 Å². The topological polar surface area (TPSA) is 81.2 Å². The van der Waals surface area contributed by atoms with Gasteiger partial charge in [-0.05, 0) is 6.42 Å². The van der Waals surface area contributed by atoms with Crippen LogP contribution in [0.2, 0.25) is 0 Å². The first-order chi connectivity index (χ1) is 7.07. The summed E-state index contributed by atoms with van der Waals surface area (Å²) in [4.78, 5) is 12.6. The molecule has 15 heavy (non-hydrogen) atoms. The second kappa shape index (κ2) is 7.78. The summed E-state index contributed by atoms with van der Waals surface area (Å²) in [6.07, 6.45) is 8.85. The molecule has 0 saturated carbocycles. The van der Waals surface area contributed by atoms with E-state index in [1.54, 1.807) is 0 Å². The normalized spacial score (nSPS) is 9.20. The summed E-state index contributed by atoms with van der Waals surface area (Å²) in [6.45, 7) is 2.22. The first kappa shape index (κ1) is 13.4. The molecule has 1 heterocycles. The van der Waals surface area contributed by atoms with Gasteiger partial charge in [0, 0.05) is 25.9 Å². The van der Waals surface area contributed by atoms with Crippen LogP contribution in [-0.4, -0.2) is 19.8 Å². The van der Waals surface area contributed by atoms with Gasteiger partial charge in [-0.1, -0.05) is 19.8 Å². The van der Waals surface area contributed by atoms with Gasteiger partial charge in [0.2, 0.25) is 0 Å². The molecule has 0 fully saturated rings. The van der Waals surface area contributed by atoms with Crippen molar-refractivity contribution in [2.45, 2.75) is 32.6 Å². The number of rotatable bonds is 4. The van der Waals surface area contributed by atoms with E-state index in [9.17, 15) is 0 Å². The van der Waals surface area contributed by atoms with Gasteiger partial charge in [-0.25, -0.2) is 4.98 Å². The van der Waals surface area contributed by atoms with Gasteiger partial charge in [-0.15, -0.1) is 10.1 Å². The van der Waals surface area contributed by atoms with E-state index in [-0.39, 0.29) is 0 Å². The molecule has 1 aromatic heterocycles. The van der Waals surface area contributed by atoms with Gasteiger partial charge >= 0.3 is 0 Å². The Kier molecular flexibility index (Phi) is 6.96. The van der Waals surface area contributed by atoms with Crippen molar-refractivity contribution in [3.63, 3.8) is 0 Å². The van der Waals surface area contributed by atoms with Gasteiger partial charge < -0.3 is 9.77 Å². The molecule has 1 aromatic rings. The van der Waals surface area contributed by atoms with Crippen molar-refractivity contribution < 1.29 is 10.3 Å². The lowest BCUT2D eigenvalue weighted by atomic mass is 10.2. The first-order valence-electron chi connectivity index (χ1n) is 4.87. The van der Waals surface area contributed by atoms with Gasteiger partial charge in [0.1, 0.15) is 5.82 Å². The Bertz CT molecular complexity index is 282. The van der Waals surface area contributed by atoms with Crippen LogP contribution in [0.4, 0.5) is 0 Å². The van der Waals surface area contributed by atoms with E-state index in [4.69, 9.17) is 15.3 Å². The molecule has 0 atom stereocenters. The minimum absolute atomic E-state index is 1.12. The van der Waals surface area contributed by atoms with Gasteiger partial charge in [-0.3, -0.25) is 0 Å². The maximum absolute atomic E-state index is 8.36. The molecule has 0 unspecified atom stereocenters. The second-order valence-corrected chi connectivity index (χ2v) is 3.15. The Morgan fingerprint density at radius 1 is 1.60 bits per heavy atom. The molecule has 0 saturated heterocycles. The summed E-state index contributed by atoms with van der Waals surface area (Å²) in [5.41, 5.74) is 0. The third-order valence-corrected chi connectivity index (χ3v) is 1.92. The van der Waals surface area contributed by atoms with Crippen LogP contribution in [0.1, 0.15) is 32.0 Å². The minimum atomic E-state index is -1.50. The lowest BCUT2D eigenvalue weighted by Crippen LogP contribution is -1.96. The number of imidazole rings is 1. The molecule has 0 spiro atoms. The Balaban J connectivity index is 0.000000423. The first-order valence-corrected chi connectivity index (χ1v) is 4.87. The highest BCUT2D eigenvalue weighted by Crippen LogP contribution is 2.02. The zero-order chi connectivity index (χ0) is 11.7. The van der Waals surface area contributed by atoms with Crippen molar-refractivity contribution in [2.24, 2.45) is 7.05 Å². The summed E-state index contributed by atoms with van der Waals surface area (Å²) in [5.74, 6) is 1.21. The Morgan fingerprint density at radius 3 is 2.60 bits per heavy atom. The number of aryl methyl sites for hydroxylation is 2. The van der Waals surface area contributed by atoms with Crippen LogP contribution in [0.5, 0.6) is 0 Å². The van der Waals surface area contributed by atoms with Crippen molar-refractivity contribution in [2.75, 3.05) is 0 Å². The van der Waals surface area contributed by atoms with Gasteiger partial charge in [-0.2, -0.15) is 0 Å². The predicted octanol–water partition coefficient (Wildman–Crippen LogP) is 1.81. The third-order valence-electron chi connectivity index (χ3n) is 1.92. The largest absolute Gasteiger partial charge is 0.338 e. The monoisotopic (exact) mass is 215 g/mol. The Labute approximate surface area is 88.7 Å². The summed E-state index contributed by atoms with van der Waals surface area (Å²) >= 11 is 0. The fraction of sp³-hybridized carbons (Fsp3) is 0.667. The standard InChI is InChI=1S/C9H16N2.HNO3/c1-3-4-5-6-9-10-7-8-11(9)2;2-1(3)4/h7-8H,3-6H2,1-2H3;(H,2,3,4). The predicted molar refractivity (Wildman–Crippen MR) is 55.2 cm³/mol. The van der Waals surface area contributed by atoms with E-state index in [0.717, 1.165) is 6.42 Å². The van der Waals surface area contributed by atoms with Crippen LogP contribution in [0, 0.1) is 10.1 Å². The summed E-state index contributed by atoms with van der Waals surface area (Å²) < 4.78 is 2.09. The molecule has 0 aromatic carbocycles. The van der Waals surface area contributed by atoms with Crippen LogP contribution in [-0.2, 0) is 13.5 Å². The van der Waals surface area contributed by atoms with Gasteiger partial charge in [0.05, 0.1) is 0 Å². The van der Waals surface area contributed by atoms with Crippen LogP contribution >= 0.6 is 0 Å². The number of aromatic nitrogens is 2. The molecule has 6 nitrogen and oxygen atoms in total. The highest BCUT2D eigenvalue weighted by molar-refractivity contribution is 4.90. The third kappa shape index (κ3) is 7.48. The van der Waals surface area contributed by atoms with Crippen molar-refractivity contribution in [1.29, 1.82) is 0 Å². The van der Waals surface area contributed by atoms with Gasteiger partial charge in [0.15, 0.2) is 0 Å². The molecule has 1 rings (SSSR count). The van der Waals surface area contributed by atoms with Crippen LogP contribution in [0.3, 0.4) is 0 Å². The van der Waals surface area contributed by atoms with Crippen LogP contribution in [0.15, 0.2) is 12.4 Å². The molecular weight excluding hydrogens is 198 g/mol. The van der Waals surface area contributed by atoms with Crippen molar-refractivity contribution >= 4 is 0 Å². The minimum Gasteiger partial charge on any atom is -0.338 e. The fourth-order valence-corrected chi connectivity index (χ4v) is 1.17. The van der Waals surface area contributed by atoms with E-state index >= 15 is 0 Å². The van der Waals surface area contributed by atoms with E-state index in [1.165, 1.54) is 25.1 Å². The molecule has 6 heteroatoms. The van der Waals surface area contributed by atoms with E-state index in [1.807, 2.05) is 19.4 Å². The average molecular weight is 215 g/mol. The van der Waals surface area contributed by atoms with Crippen LogP contribution < -0.4 is 0 Å². The number of nitrogens with zero attached hydrogens (tertiary/aromatic N) is 3. The molecule has 0 aliphatic heterocycles. The molecule has 86 valence electrons. The molecule has 0 radical (unpaired) electrons. The van der Waals surface area contributed by atoms with Crippen molar-refractivity contribution in [3.8, 4) is 0 Å². The maximum atomic E-state index is 8.36. The molecular formula is C9H17N3O3. The smallest absolute Gasteiger partial charge is 0.291 e. The maximum Gasteiger partial charge on any atom is 0.291 e. The van der Waals surface area contributed by atoms with E-state index < -0.39 is 5.09 Å². The van der Waals surface area contributed by atoms with Gasteiger partial charge in [0.25, 0.3) is 5.09 Å². The highest BCUT2D eigenvalue weighted by Gasteiger charge is 1.96. The highest BCUT2D eigenvalue weighted by atomic mass is 16.9. The summed E-state index contributed by atoms with van der Waals surface area (Å²) in [7, 11) is 2.05. The number of unbranched alkanes of at least 4 members (excludes halogenated alkanes) is 2. The van der Waals surface area contributed by atoms with E-state index in [2.05, 4.69) is 16.5 Å². The zero-order valence-corrected chi connectivity index (χ0v) is 9.09. The van der Waals surface area contributed by atoms with E-state index in [0.29, 0.717) is 0 Å². The number of hydrogen-bond donors (Lipinski definition) is 1. The van der Waals surface area contributed by atoms with Crippen molar-refractivity contribution in [1.82, 2.24) is 9.55 Å². The molecule has 0 aliphatic carbocycles. The Morgan fingerprint density at radius 2 is 2.20 bits per heavy atom. The molecule has 1 N–H and O–H groups in total. The molecule has 0 aliphatic rings. The van der Waals surface area contributed by atoms with Crippen LogP contribution in [0.25, 0.3) is 0 Å². The lowest BCUT2D eigenvalue weighted by molar-refractivity contribution is -0.742. The summed E-state index contributed by atoms with van der Waals surface area (Å²) in [6, 6.07) is 0. The lowest BCUT2D eigenvalue weighted by Gasteiger charge is -1.99. The molecule has 0 bridgehead atoms. The SMILES string of the molecule is CCCCCc1nccn1C.O=[N+]([O-])O. The fourth-order valence-electron chi connectivity index (χ4n) is 1.17. The average Bonchev–Trinajstić information content (AvgIpc) is 2.51. The Hall–Kier alpha value is -1.59. The molecule has 0 amide bonds. The zero-order valence-electron chi connectivity index (χ0n) is 9.09.